The molecule has 0 unspecified atom stereocenters. The molecule has 80 valence electrons. The van der Waals surface area contributed by atoms with E-state index in [4.69, 9.17) is 0 Å². The third kappa shape index (κ3) is 3.89. The molecule has 0 aromatic carbocycles. The fraction of sp³-hybridized carbons (Fsp3) is 0.700. The number of carbonyl (C=O) groups excluding carboxylic acids is 1. The van der Waals surface area contributed by atoms with Crippen LogP contribution in [0.25, 0.3) is 0 Å². The average Bonchev–Trinajstić information content (AvgIpc) is 2.19. The van der Waals surface area contributed by atoms with Crippen LogP contribution in [0.15, 0.2) is 12.2 Å². The molecular formula is C10H19N3O. The minimum absolute atomic E-state index is 0.0884. The van der Waals surface area contributed by atoms with Gasteiger partial charge in [0.05, 0.1) is 6.67 Å². The van der Waals surface area contributed by atoms with Crippen molar-refractivity contribution in [1.82, 2.24) is 15.8 Å². The van der Waals surface area contributed by atoms with Crippen LogP contribution < -0.4 is 10.7 Å². The van der Waals surface area contributed by atoms with Gasteiger partial charge in [-0.3, -0.25) is 4.79 Å². The zero-order valence-corrected chi connectivity index (χ0v) is 8.81. The summed E-state index contributed by atoms with van der Waals surface area (Å²) in [5.41, 5.74) is 3.71. The van der Waals surface area contributed by atoms with Gasteiger partial charge in [-0.2, -0.15) is 0 Å². The van der Waals surface area contributed by atoms with Crippen molar-refractivity contribution in [3.05, 3.63) is 12.2 Å². The van der Waals surface area contributed by atoms with E-state index < -0.39 is 0 Å². The summed E-state index contributed by atoms with van der Waals surface area (Å²) >= 11 is 0. The first-order valence-corrected chi connectivity index (χ1v) is 5.12. The minimum atomic E-state index is -0.0884. The molecule has 1 fully saturated rings. The Morgan fingerprint density at radius 3 is 2.57 bits per heavy atom. The number of amides is 1. The fourth-order valence-corrected chi connectivity index (χ4v) is 1.43. The van der Waals surface area contributed by atoms with E-state index in [-0.39, 0.29) is 5.91 Å². The van der Waals surface area contributed by atoms with E-state index in [1.54, 1.807) is 6.92 Å². The third-order valence-corrected chi connectivity index (χ3v) is 2.30. The highest BCUT2D eigenvalue weighted by atomic mass is 16.1. The number of hydrogen-bond donors (Lipinski definition) is 2. The molecule has 1 heterocycles. The molecule has 0 bridgehead atoms. The lowest BCUT2D eigenvalue weighted by atomic mass is 10.2. The third-order valence-electron chi connectivity index (χ3n) is 2.30. The summed E-state index contributed by atoms with van der Waals surface area (Å²) in [6.07, 6.45) is 3.79. The monoisotopic (exact) mass is 197 g/mol. The van der Waals surface area contributed by atoms with Gasteiger partial charge in [0.15, 0.2) is 0 Å². The molecule has 14 heavy (non-hydrogen) atoms. The molecule has 4 heteroatoms. The normalized spacial score (nSPS) is 17.8. The van der Waals surface area contributed by atoms with Crippen LogP contribution in [0, 0.1) is 0 Å². The van der Waals surface area contributed by atoms with Crippen LogP contribution in [-0.2, 0) is 4.79 Å². The summed E-state index contributed by atoms with van der Waals surface area (Å²) in [6.45, 7) is 7.91. The Labute approximate surface area is 85.3 Å². The van der Waals surface area contributed by atoms with E-state index in [2.05, 4.69) is 22.3 Å². The van der Waals surface area contributed by atoms with Crippen LogP contribution in [0.5, 0.6) is 0 Å². The highest BCUT2D eigenvalue weighted by Crippen LogP contribution is 2.05. The number of piperidine rings is 1. The second-order valence-electron chi connectivity index (χ2n) is 3.67. The van der Waals surface area contributed by atoms with Gasteiger partial charge in [-0.1, -0.05) is 13.0 Å². The first-order valence-electron chi connectivity index (χ1n) is 5.12. The van der Waals surface area contributed by atoms with E-state index in [0.717, 1.165) is 13.1 Å². The highest BCUT2D eigenvalue weighted by Gasteiger charge is 2.08. The second-order valence-corrected chi connectivity index (χ2v) is 3.67. The summed E-state index contributed by atoms with van der Waals surface area (Å²) in [4.78, 5) is 11.1. The van der Waals surface area contributed by atoms with Gasteiger partial charge in [-0.05, 0) is 19.8 Å². The maximum Gasteiger partial charge on any atom is 0.247 e. The van der Waals surface area contributed by atoms with Crippen molar-refractivity contribution in [2.75, 3.05) is 19.8 Å². The quantitative estimate of drug-likeness (QED) is 0.513. The first kappa shape index (κ1) is 11.2. The number of nitrogens with zero attached hydrogens (tertiary/aromatic N) is 1. The summed E-state index contributed by atoms with van der Waals surface area (Å²) in [5, 5.41) is 4.89. The standard InChI is InChI=1S/C10H19N3O/c1-9(2)10(14)11-8-12-13-6-4-3-5-7-13/h12H,1,3-8H2,2H3,(H,11,14). The first-order chi connectivity index (χ1) is 6.70. The van der Waals surface area contributed by atoms with Crippen molar-refractivity contribution in [2.24, 2.45) is 0 Å². The van der Waals surface area contributed by atoms with Crippen molar-refractivity contribution >= 4 is 5.91 Å². The molecule has 0 aromatic heterocycles. The van der Waals surface area contributed by atoms with Crippen LogP contribution >= 0.6 is 0 Å². The Morgan fingerprint density at radius 1 is 1.36 bits per heavy atom. The lowest BCUT2D eigenvalue weighted by Crippen LogP contribution is -2.47. The van der Waals surface area contributed by atoms with Gasteiger partial charge in [0.2, 0.25) is 5.91 Å². The smallest absolute Gasteiger partial charge is 0.247 e. The average molecular weight is 197 g/mol. The van der Waals surface area contributed by atoms with Gasteiger partial charge in [-0.15, -0.1) is 0 Å². The van der Waals surface area contributed by atoms with E-state index in [9.17, 15) is 4.79 Å². The van der Waals surface area contributed by atoms with Gasteiger partial charge < -0.3 is 5.32 Å². The molecule has 0 saturated carbocycles. The van der Waals surface area contributed by atoms with Crippen molar-refractivity contribution < 1.29 is 4.79 Å². The van der Waals surface area contributed by atoms with E-state index in [1.165, 1.54) is 19.3 Å². The van der Waals surface area contributed by atoms with Crippen LogP contribution in [0.1, 0.15) is 26.2 Å². The lowest BCUT2D eigenvalue weighted by Gasteiger charge is -2.27. The predicted octanol–water partition coefficient (Wildman–Crippen LogP) is 0.627. The molecule has 1 aliphatic heterocycles. The van der Waals surface area contributed by atoms with Crippen molar-refractivity contribution in [2.45, 2.75) is 26.2 Å². The van der Waals surface area contributed by atoms with Crippen molar-refractivity contribution in [1.29, 1.82) is 0 Å². The molecule has 0 aliphatic carbocycles. The molecule has 4 nitrogen and oxygen atoms in total. The summed E-state index contributed by atoms with van der Waals surface area (Å²) in [6, 6.07) is 0. The van der Waals surface area contributed by atoms with Gasteiger partial charge >= 0.3 is 0 Å². The number of carbonyl (C=O) groups is 1. The topological polar surface area (TPSA) is 44.4 Å². The SMILES string of the molecule is C=C(C)C(=O)NCNN1CCCCC1. The largest absolute Gasteiger partial charge is 0.339 e. The Balaban J connectivity index is 2.08. The molecule has 0 atom stereocenters. The molecule has 1 aliphatic rings. The molecule has 2 N–H and O–H groups in total. The number of hydrazine groups is 1. The number of rotatable bonds is 4. The number of nitrogens with one attached hydrogen (secondary N) is 2. The van der Waals surface area contributed by atoms with Gasteiger partial charge in [0, 0.05) is 18.7 Å². The number of hydrogen-bond acceptors (Lipinski definition) is 3. The maximum atomic E-state index is 11.1. The van der Waals surface area contributed by atoms with Crippen LogP contribution in [-0.4, -0.2) is 30.7 Å². The Hall–Kier alpha value is -0.870. The summed E-state index contributed by atoms with van der Waals surface area (Å²) in [5.74, 6) is -0.0884. The van der Waals surface area contributed by atoms with Gasteiger partial charge in [0.25, 0.3) is 0 Å². The zero-order chi connectivity index (χ0) is 10.4. The van der Waals surface area contributed by atoms with Crippen LogP contribution in [0.3, 0.4) is 0 Å². The zero-order valence-electron chi connectivity index (χ0n) is 8.81. The Bertz CT molecular complexity index is 209. The van der Waals surface area contributed by atoms with E-state index in [0.29, 0.717) is 12.2 Å². The molecule has 0 spiro atoms. The Morgan fingerprint density at radius 2 is 2.00 bits per heavy atom. The minimum Gasteiger partial charge on any atom is -0.339 e. The molecule has 1 saturated heterocycles. The molecule has 0 aromatic rings. The van der Waals surface area contributed by atoms with Crippen molar-refractivity contribution in [3.8, 4) is 0 Å². The molecule has 1 rings (SSSR count). The maximum absolute atomic E-state index is 11.1. The highest BCUT2D eigenvalue weighted by molar-refractivity contribution is 5.91. The lowest BCUT2D eigenvalue weighted by molar-refractivity contribution is -0.117. The molecular weight excluding hydrogens is 178 g/mol. The summed E-state index contributed by atoms with van der Waals surface area (Å²) in [7, 11) is 0. The van der Waals surface area contributed by atoms with Gasteiger partial charge in [-0.25, -0.2) is 10.4 Å². The van der Waals surface area contributed by atoms with Crippen LogP contribution in [0.2, 0.25) is 0 Å². The molecule has 1 amide bonds. The van der Waals surface area contributed by atoms with Crippen LogP contribution in [0.4, 0.5) is 0 Å². The molecule has 0 radical (unpaired) electrons. The van der Waals surface area contributed by atoms with Gasteiger partial charge in [0.1, 0.15) is 0 Å². The van der Waals surface area contributed by atoms with E-state index in [1.807, 2.05) is 0 Å². The Kier molecular flexibility index (Phi) is 4.62. The fourth-order valence-electron chi connectivity index (χ4n) is 1.43. The predicted molar refractivity (Wildman–Crippen MR) is 56.4 cm³/mol. The van der Waals surface area contributed by atoms with E-state index >= 15 is 0 Å². The van der Waals surface area contributed by atoms with Crippen molar-refractivity contribution in [3.63, 3.8) is 0 Å². The summed E-state index contributed by atoms with van der Waals surface area (Å²) < 4.78 is 0. The second kappa shape index (κ2) is 5.78.